The van der Waals surface area contributed by atoms with Gasteiger partial charge in [-0.05, 0) is 56.0 Å². The van der Waals surface area contributed by atoms with Crippen molar-refractivity contribution in [2.45, 2.75) is 96.4 Å². The second-order valence-electron chi connectivity index (χ2n) is 9.81. The minimum absolute atomic E-state index is 0.287. The molecule has 1 aliphatic heterocycles. The monoisotopic (exact) mass is 476 g/mol. The van der Waals surface area contributed by atoms with Gasteiger partial charge in [-0.1, -0.05) is 51.9 Å². The first-order valence-corrected chi connectivity index (χ1v) is 13.6. The van der Waals surface area contributed by atoms with Gasteiger partial charge in [-0.3, -0.25) is 0 Å². The maximum Gasteiger partial charge on any atom is 0.226 e. The summed E-state index contributed by atoms with van der Waals surface area (Å²) >= 11 is 6.30. The van der Waals surface area contributed by atoms with Gasteiger partial charge < -0.3 is 14.7 Å². The highest BCUT2D eigenvalue weighted by Gasteiger charge is 2.24. The van der Waals surface area contributed by atoms with Crippen LogP contribution in [0.1, 0.15) is 96.4 Å². The molecule has 0 spiro atoms. The number of fused-ring (bicyclic) bond motifs is 1. The van der Waals surface area contributed by atoms with E-state index in [4.69, 9.17) is 16.3 Å². The SMILES string of the molecule is CCCCOCCCCCCC1CCN(Nc2nc(Cl)nc3c2ncn3C2CCCC2)CC1. The van der Waals surface area contributed by atoms with Gasteiger partial charge in [0.25, 0.3) is 0 Å². The number of nitrogens with zero attached hydrogens (tertiary/aromatic N) is 5. The fraction of sp³-hybridized carbons (Fsp3) is 0.800. The fourth-order valence-corrected chi connectivity index (χ4v) is 5.40. The van der Waals surface area contributed by atoms with Crippen molar-refractivity contribution < 1.29 is 4.74 Å². The number of rotatable bonds is 13. The van der Waals surface area contributed by atoms with Gasteiger partial charge in [0, 0.05) is 32.3 Å². The Hall–Kier alpha value is -1.44. The predicted octanol–water partition coefficient (Wildman–Crippen LogP) is 6.40. The molecule has 7 nitrogen and oxygen atoms in total. The lowest BCUT2D eigenvalue weighted by atomic mass is 9.92. The number of imidazole rings is 1. The lowest BCUT2D eigenvalue weighted by Crippen LogP contribution is -2.38. The van der Waals surface area contributed by atoms with Crippen molar-refractivity contribution in [2.75, 3.05) is 31.7 Å². The number of hydrogen-bond acceptors (Lipinski definition) is 6. The topological polar surface area (TPSA) is 68.1 Å². The molecule has 3 heterocycles. The molecule has 8 heteroatoms. The van der Waals surface area contributed by atoms with Crippen LogP contribution in [-0.2, 0) is 4.74 Å². The summed E-state index contributed by atoms with van der Waals surface area (Å²) < 4.78 is 7.86. The van der Waals surface area contributed by atoms with E-state index in [0.29, 0.717) is 6.04 Å². The molecule has 2 aliphatic rings. The third kappa shape index (κ3) is 7.03. The number of hydrazine groups is 1. The van der Waals surface area contributed by atoms with Crippen LogP contribution in [0.15, 0.2) is 6.33 Å². The average Bonchev–Trinajstić information content (AvgIpc) is 3.49. The molecule has 4 rings (SSSR count). The molecule has 1 aliphatic carbocycles. The molecule has 0 atom stereocenters. The Morgan fingerprint density at radius 2 is 1.76 bits per heavy atom. The molecule has 1 saturated heterocycles. The first-order chi connectivity index (χ1) is 16.2. The smallest absolute Gasteiger partial charge is 0.226 e. The quantitative estimate of drug-likeness (QED) is 0.266. The Morgan fingerprint density at radius 1 is 1.00 bits per heavy atom. The van der Waals surface area contributed by atoms with Crippen LogP contribution in [0.5, 0.6) is 0 Å². The lowest BCUT2D eigenvalue weighted by Gasteiger charge is -2.32. The number of halogens is 1. The van der Waals surface area contributed by atoms with Crippen LogP contribution >= 0.6 is 11.6 Å². The first-order valence-electron chi connectivity index (χ1n) is 13.2. The second-order valence-corrected chi connectivity index (χ2v) is 10.2. The third-order valence-corrected chi connectivity index (χ3v) is 7.45. The maximum absolute atomic E-state index is 6.30. The summed E-state index contributed by atoms with van der Waals surface area (Å²) in [4.78, 5) is 13.6. The van der Waals surface area contributed by atoms with Gasteiger partial charge in [0.2, 0.25) is 5.28 Å². The zero-order valence-electron chi connectivity index (χ0n) is 20.3. The summed E-state index contributed by atoms with van der Waals surface area (Å²) in [5, 5.41) is 2.56. The van der Waals surface area contributed by atoms with Gasteiger partial charge in [-0.2, -0.15) is 9.97 Å². The summed E-state index contributed by atoms with van der Waals surface area (Å²) in [6, 6.07) is 0.484. The summed E-state index contributed by atoms with van der Waals surface area (Å²) in [7, 11) is 0. The molecule has 184 valence electrons. The van der Waals surface area contributed by atoms with Crippen LogP contribution in [0.25, 0.3) is 11.2 Å². The zero-order chi connectivity index (χ0) is 22.9. The number of aromatic nitrogens is 4. The molecule has 1 saturated carbocycles. The van der Waals surface area contributed by atoms with E-state index in [1.807, 2.05) is 6.33 Å². The molecule has 33 heavy (non-hydrogen) atoms. The summed E-state index contributed by atoms with van der Waals surface area (Å²) in [6.07, 6.45) is 18.2. The molecular formula is C25H41ClN6O. The van der Waals surface area contributed by atoms with E-state index in [1.54, 1.807) is 0 Å². The van der Waals surface area contributed by atoms with Crippen molar-refractivity contribution in [3.05, 3.63) is 11.6 Å². The average molecular weight is 477 g/mol. The molecule has 0 aromatic carbocycles. The predicted molar refractivity (Wildman–Crippen MR) is 135 cm³/mol. The Kier molecular flexibility index (Phi) is 9.62. The van der Waals surface area contributed by atoms with E-state index in [2.05, 4.69) is 36.9 Å². The van der Waals surface area contributed by atoms with Crippen molar-refractivity contribution in [2.24, 2.45) is 5.92 Å². The van der Waals surface area contributed by atoms with Crippen LogP contribution in [0.3, 0.4) is 0 Å². The summed E-state index contributed by atoms with van der Waals surface area (Å²) in [6.45, 7) is 6.13. The third-order valence-electron chi connectivity index (χ3n) is 7.28. The second kappa shape index (κ2) is 12.9. The van der Waals surface area contributed by atoms with Crippen molar-refractivity contribution in [1.29, 1.82) is 0 Å². The molecule has 0 unspecified atom stereocenters. The minimum Gasteiger partial charge on any atom is -0.381 e. The van der Waals surface area contributed by atoms with Crippen LogP contribution in [0.4, 0.5) is 5.82 Å². The fourth-order valence-electron chi connectivity index (χ4n) is 5.24. The zero-order valence-corrected chi connectivity index (χ0v) is 21.0. The standard InChI is InChI=1S/C25H41ClN6O/c1-2-3-17-33-18-9-5-4-6-10-20-13-15-31(16-14-20)30-23-22-24(29-25(26)28-23)32(19-27-22)21-11-7-8-12-21/h19-21H,2-18H2,1H3,(H,28,29,30). The van der Waals surface area contributed by atoms with Gasteiger partial charge in [0.1, 0.15) is 0 Å². The molecule has 2 aromatic heterocycles. The molecule has 2 fully saturated rings. The molecule has 2 aromatic rings. The normalized spacial score (nSPS) is 18.5. The summed E-state index contributed by atoms with van der Waals surface area (Å²) in [5.74, 6) is 1.57. The first kappa shape index (κ1) is 24.7. The van der Waals surface area contributed by atoms with Crippen LogP contribution in [0.2, 0.25) is 5.28 Å². The van der Waals surface area contributed by atoms with Gasteiger partial charge in [-0.15, -0.1) is 0 Å². The Balaban J connectivity index is 1.19. The van der Waals surface area contributed by atoms with E-state index < -0.39 is 0 Å². The van der Waals surface area contributed by atoms with Crippen molar-refractivity contribution in [1.82, 2.24) is 24.5 Å². The van der Waals surface area contributed by atoms with Crippen LogP contribution in [-0.4, -0.2) is 50.8 Å². The maximum atomic E-state index is 6.30. The van der Waals surface area contributed by atoms with Gasteiger partial charge in [-0.25, -0.2) is 9.99 Å². The highest BCUT2D eigenvalue weighted by molar-refractivity contribution is 6.28. The van der Waals surface area contributed by atoms with E-state index in [-0.39, 0.29) is 5.28 Å². The van der Waals surface area contributed by atoms with Crippen LogP contribution in [0, 0.1) is 5.92 Å². The highest BCUT2D eigenvalue weighted by Crippen LogP contribution is 2.33. The molecule has 0 bridgehead atoms. The highest BCUT2D eigenvalue weighted by atomic mass is 35.5. The number of piperidine rings is 1. The van der Waals surface area contributed by atoms with Crippen molar-refractivity contribution in [3.63, 3.8) is 0 Å². The number of anilines is 1. The van der Waals surface area contributed by atoms with Gasteiger partial charge >= 0.3 is 0 Å². The van der Waals surface area contributed by atoms with Crippen LogP contribution < -0.4 is 5.43 Å². The van der Waals surface area contributed by atoms with Gasteiger partial charge in [0.05, 0.1) is 6.33 Å². The van der Waals surface area contributed by atoms with E-state index in [9.17, 15) is 0 Å². The molecular weight excluding hydrogens is 436 g/mol. The van der Waals surface area contributed by atoms with E-state index in [0.717, 1.165) is 49.2 Å². The number of ether oxygens (including phenoxy) is 1. The van der Waals surface area contributed by atoms with Crippen molar-refractivity contribution in [3.8, 4) is 0 Å². The largest absolute Gasteiger partial charge is 0.381 e. The summed E-state index contributed by atoms with van der Waals surface area (Å²) in [5.41, 5.74) is 5.18. The Morgan fingerprint density at radius 3 is 2.55 bits per heavy atom. The number of unbranched alkanes of at least 4 members (excludes halogenated alkanes) is 4. The molecule has 0 radical (unpaired) electrons. The van der Waals surface area contributed by atoms with Crippen molar-refractivity contribution >= 4 is 28.6 Å². The molecule has 1 N–H and O–H groups in total. The van der Waals surface area contributed by atoms with E-state index >= 15 is 0 Å². The van der Waals surface area contributed by atoms with Gasteiger partial charge in [0.15, 0.2) is 17.0 Å². The Bertz CT molecular complexity index is 845. The minimum atomic E-state index is 0.287. The molecule has 0 amide bonds. The lowest BCUT2D eigenvalue weighted by molar-refractivity contribution is 0.127. The number of hydrogen-bond donors (Lipinski definition) is 1. The van der Waals surface area contributed by atoms with E-state index in [1.165, 1.54) is 83.5 Å². The Labute approximate surface area is 203 Å². The number of nitrogens with one attached hydrogen (secondary N) is 1.